The van der Waals surface area contributed by atoms with E-state index in [1.807, 2.05) is 30.3 Å². The molecule has 5 nitrogen and oxygen atoms in total. The molecule has 0 heterocycles. The van der Waals surface area contributed by atoms with Crippen LogP contribution in [0.5, 0.6) is 0 Å². The van der Waals surface area contributed by atoms with Crippen LogP contribution in [-0.4, -0.2) is 31.4 Å². The van der Waals surface area contributed by atoms with Crippen LogP contribution in [0, 0.1) is 5.92 Å². The first kappa shape index (κ1) is 15.2. The number of carbonyl (C=O) groups is 2. The molecule has 1 rings (SSSR count). The van der Waals surface area contributed by atoms with Gasteiger partial charge < -0.3 is 16.4 Å². The van der Waals surface area contributed by atoms with E-state index in [0.717, 1.165) is 5.56 Å². The van der Waals surface area contributed by atoms with Crippen molar-refractivity contribution >= 4 is 11.8 Å². The van der Waals surface area contributed by atoms with Crippen molar-refractivity contribution in [2.75, 3.05) is 13.6 Å². The maximum Gasteiger partial charge on any atom is 0.242 e. The summed E-state index contributed by atoms with van der Waals surface area (Å²) >= 11 is 0. The summed E-state index contributed by atoms with van der Waals surface area (Å²) in [6, 6.07) is 9.13. The first-order valence-electron chi connectivity index (χ1n) is 6.34. The molecule has 0 aliphatic carbocycles. The number of likely N-dealkylation sites (N-methyl/N-ethyl adjacent to an activating group) is 1. The van der Waals surface area contributed by atoms with Crippen molar-refractivity contribution < 1.29 is 9.59 Å². The third-order valence-electron chi connectivity index (χ3n) is 2.98. The van der Waals surface area contributed by atoms with Crippen molar-refractivity contribution in [3.63, 3.8) is 0 Å². The molecule has 0 fully saturated rings. The zero-order valence-electron chi connectivity index (χ0n) is 11.3. The monoisotopic (exact) mass is 263 g/mol. The molecule has 5 heteroatoms. The Morgan fingerprint density at radius 3 is 2.37 bits per heavy atom. The number of hydrogen-bond donors (Lipinski definition) is 3. The van der Waals surface area contributed by atoms with Crippen LogP contribution < -0.4 is 16.4 Å². The Hall–Kier alpha value is -1.88. The predicted molar refractivity (Wildman–Crippen MR) is 74.4 cm³/mol. The van der Waals surface area contributed by atoms with Crippen LogP contribution in [0.25, 0.3) is 0 Å². The summed E-state index contributed by atoms with van der Waals surface area (Å²) in [4.78, 5) is 23.4. The van der Waals surface area contributed by atoms with Crippen molar-refractivity contribution in [3.05, 3.63) is 35.9 Å². The predicted octanol–water partition coefficient (Wildman–Crippen LogP) is 0.0547. The van der Waals surface area contributed by atoms with Gasteiger partial charge in [-0.25, -0.2) is 0 Å². The Balaban J connectivity index is 2.60. The second-order valence-corrected chi connectivity index (χ2v) is 4.47. The topological polar surface area (TPSA) is 84.2 Å². The molecule has 104 valence electrons. The maximum atomic E-state index is 12.0. The molecule has 0 radical (unpaired) electrons. The quantitative estimate of drug-likeness (QED) is 0.678. The highest BCUT2D eigenvalue weighted by molar-refractivity contribution is 5.88. The Labute approximate surface area is 113 Å². The van der Waals surface area contributed by atoms with Gasteiger partial charge >= 0.3 is 0 Å². The van der Waals surface area contributed by atoms with Gasteiger partial charge in [0.1, 0.15) is 6.04 Å². The van der Waals surface area contributed by atoms with Crippen molar-refractivity contribution in [3.8, 4) is 0 Å². The summed E-state index contributed by atoms with van der Waals surface area (Å²) in [6.45, 7) is 1.90. The van der Waals surface area contributed by atoms with Crippen LogP contribution in [0.2, 0.25) is 0 Å². The fourth-order valence-electron chi connectivity index (χ4n) is 1.79. The SMILES string of the molecule is CNC(=O)C(C)NC(=O)C(CN)Cc1ccccc1. The minimum atomic E-state index is -0.553. The molecule has 0 saturated heterocycles. The van der Waals surface area contributed by atoms with E-state index in [0.29, 0.717) is 6.42 Å². The van der Waals surface area contributed by atoms with Gasteiger partial charge in [0.2, 0.25) is 11.8 Å². The number of carbonyl (C=O) groups excluding carboxylic acids is 2. The van der Waals surface area contributed by atoms with Crippen LogP contribution in [-0.2, 0) is 16.0 Å². The number of rotatable bonds is 6. The Morgan fingerprint density at radius 2 is 1.84 bits per heavy atom. The number of nitrogens with one attached hydrogen (secondary N) is 2. The zero-order chi connectivity index (χ0) is 14.3. The van der Waals surface area contributed by atoms with Crippen LogP contribution >= 0.6 is 0 Å². The second kappa shape index (κ2) is 7.53. The van der Waals surface area contributed by atoms with Gasteiger partial charge in [0, 0.05) is 13.6 Å². The molecule has 2 atom stereocenters. The third-order valence-corrected chi connectivity index (χ3v) is 2.98. The van der Waals surface area contributed by atoms with Crippen molar-refractivity contribution in [1.82, 2.24) is 10.6 Å². The Kier molecular flexibility index (Phi) is 6.02. The lowest BCUT2D eigenvalue weighted by molar-refractivity contribution is -0.130. The Bertz CT molecular complexity index is 420. The fraction of sp³-hybridized carbons (Fsp3) is 0.429. The molecule has 0 saturated carbocycles. The van der Waals surface area contributed by atoms with Crippen LogP contribution in [0.15, 0.2) is 30.3 Å². The van der Waals surface area contributed by atoms with E-state index in [4.69, 9.17) is 5.73 Å². The minimum Gasteiger partial charge on any atom is -0.357 e. The number of benzene rings is 1. The van der Waals surface area contributed by atoms with Gasteiger partial charge in [-0.15, -0.1) is 0 Å². The molecule has 0 spiro atoms. The molecule has 0 bridgehead atoms. The lowest BCUT2D eigenvalue weighted by atomic mass is 9.98. The summed E-state index contributed by atoms with van der Waals surface area (Å²) in [5.74, 6) is -0.735. The standard InChI is InChI=1S/C14H21N3O2/c1-10(13(18)16-2)17-14(19)12(9-15)8-11-6-4-3-5-7-11/h3-7,10,12H,8-9,15H2,1-2H3,(H,16,18)(H,17,19). The van der Waals surface area contributed by atoms with Gasteiger partial charge in [-0.2, -0.15) is 0 Å². The summed E-state index contributed by atoms with van der Waals surface area (Å²) in [6.07, 6.45) is 0.573. The van der Waals surface area contributed by atoms with E-state index >= 15 is 0 Å². The first-order valence-corrected chi connectivity index (χ1v) is 6.34. The highest BCUT2D eigenvalue weighted by atomic mass is 16.2. The molecule has 1 aromatic carbocycles. The van der Waals surface area contributed by atoms with Gasteiger partial charge in [0.25, 0.3) is 0 Å². The van der Waals surface area contributed by atoms with E-state index in [9.17, 15) is 9.59 Å². The normalized spacial score (nSPS) is 13.4. The summed E-state index contributed by atoms with van der Waals surface area (Å²) in [7, 11) is 1.54. The molecule has 2 amide bonds. The summed E-state index contributed by atoms with van der Waals surface area (Å²) < 4.78 is 0. The molecular weight excluding hydrogens is 242 g/mol. The molecule has 2 unspecified atom stereocenters. The maximum absolute atomic E-state index is 12.0. The first-order chi connectivity index (χ1) is 9.08. The molecule has 1 aromatic rings. The molecule has 4 N–H and O–H groups in total. The van der Waals surface area contributed by atoms with Gasteiger partial charge in [0.15, 0.2) is 0 Å². The average molecular weight is 263 g/mol. The van der Waals surface area contributed by atoms with Gasteiger partial charge in [-0.3, -0.25) is 9.59 Å². The van der Waals surface area contributed by atoms with E-state index in [1.165, 1.54) is 7.05 Å². The fourth-order valence-corrected chi connectivity index (χ4v) is 1.79. The van der Waals surface area contributed by atoms with Crippen molar-refractivity contribution in [2.45, 2.75) is 19.4 Å². The van der Waals surface area contributed by atoms with Gasteiger partial charge in [0.05, 0.1) is 5.92 Å². The number of nitrogens with two attached hydrogens (primary N) is 1. The third kappa shape index (κ3) is 4.71. The van der Waals surface area contributed by atoms with Crippen LogP contribution in [0.3, 0.4) is 0 Å². The molecule has 0 aliphatic rings. The molecule has 0 aliphatic heterocycles. The molecule has 19 heavy (non-hydrogen) atoms. The van der Waals surface area contributed by atoms with Crippen molar-refractivity contribution in [2.24, 2.45) is 11.7 Å². The summed E-state index contributed by atoms with van der Waals surface area (Å²) in [5, 5.41) is 5.16. The highest BCUT2D eigenvalue weighted by Gasteiger charge is 2.21. The summed E-state index contributed by atoms with van der Waals surface area (Å²) in [5.41, 5.74) is 6.70. The molecular formula is C14H21N3O2. The second-order valence-electron chi connectivity index (χ2n) is 4.47. The van der Waals surface area contributed by atoms with Gasteiger partial charge in [-0.05, 0) is 18.9 Å². The minimum absolute atomic E-state index is 0.192. The van der Waals surface area contributed by atoms with Crippen LogP contribution in [0.1, 0.15) is 12.5 Å². The van der Waals surface area contributed by atoms with E-state index in [1.54, 1.807) is 6.92 Å². The number of hydrogen-bond acceptors (Lipinski definition) is 3. The van der Waals surface area contributed by atoms with E-state index < -0.39 is 6.04 Å². The smallest absolute Gasteiger partial charge is 0.242 e. The number of amides is 2. The van der Waals surface area contributed by atoms with E-state index in [2.05, 4.69) is 10.6 Å². The lowest BCUT2D eigenvalue weighted by Gasteiger charge is -2.18. The zero-order valence-corrected chi connectivity index (χ0v) is 11.3. The average Bonchev–Trinajstić information content (AvgIpc) is 2.44. The van der Waals surface area contributed by atoms with E-state index in [-0.39, 0.29) is 24.3 Å². The van der Waals surface area contributed by atoms with Crippen LogP contribution in [0.4, 0.5) is 0 Å². The lowest BCUT2D eigenvalue weighted by Crippen LogP contribution is -2.47. The van der Waals surface area contributed by atoms with Gasteiger partial charge in [-0.1, -0.05) is 30.3 Å². The molecule has 0 aromatic heterocycles. The van der Waals surface area contributed by atoms with Crippen molar-refractivity contribution in [1.29, 1.82) is 0 Å². The highest BCUT2D eigenvalue weighted by Crippen LogP contribution is 2.08. The largest absolute Gasteiger partial charge is 0.357 e. The Morgan fingerprint density at radius 1 is 1.21 bits per heavy atom.